The molecular formula is C29H18Cl2F6O4. The van der Waals surface area contributed by atoms with Crippen LogP contribution < -0.4 is 0 Å². The topological polar surface area (TPSA) is 80.9 Å². The summed E-state index contributed by atoms with van der Waals surface area (Å²) in [4.78, 5) is 0. The molecule has 1 aliphatic rings. The lowest BCUT2D eigenvalue weighted by Gasteiger charge is -2.52. The van der Waals surface area contributed by atoms with Gasteiger partial charge in [-0.15, -0.1) is 0 Å². The number of fused-ring (bicyclic) bond motifs is 2. The highest BCUT2D eigenvalue weighted by Gasteiger charge is 2.76. The summed E-state index contributed by atoms with van der Waals surface area (Å²) in [5.41, 5.74) is -17.3. The summed E-state index contributed by atoms with van der Waals surface area (Å²) in [6.07, 6.45) is -5.68. The molecule has 5 rings (SSSR count). The van der Waals surface area contributed by atoms with Crippen LogP contribution in [0.5, 0.6) is 23.0 Å². The molecule has 1 aliphatic carbocycles. The molecule has 0 unspecified atom stereocenters. The SMILES string of the molecule is Oc1ccc(C(F)(c2ccc(O)cc2)C2(F)c3cc(O)ccc3C(C(F)(F)F)(C(F)(Cl)Cl)c3ccc(O)cc32)cc1. The summed E-state index contributed by atoms with van der Waals surface area (Å²) >= 11 is 11.3. The van der Waals surface area contributed by atoms with Crippen molar-refractivity contribution in [2.75, 3.05) is 0 Å². The van der Waals surface area contributed by atoms with Crippen LogP contribution in [0.15, 0.2) is 84.9 Å². The van der Waals surface area contributed by atoms with Crippen molar-refractivity contribution in [2.45, 2.75) is 27.5 Å². The highest BCUT2D eigenvalue weighted by Crippen LogP contribution is 2.68. The summed E-state index contributed by atoms with van der Waals surface area (Å²) < 4.78 is 93.3. The average molecular weight is 615 g/mol. The Kier molecular flexibility index (Phi) is 6.40. The minimum absolute atomic E-state index is 0.350. The molecule has 12 heteroatoms. The Morgan fingerprint density at radius 1 is 0.512 bits per heavy atom. The average Bonchev–Trinajstić information content (AvgIpc) is 2.88. The van der Waals surface area contributed by atoms with Gasteiger partial charge in [0.1, 0.15) is 23.0 Å². The van der Waals surface area contributed by atoms with E-state index in [2.05, 4.69) is 0 Å². The van der Waals surface area contributed by atoms with Crippen LogP contribution in [0.2, 0.25) is 0 Å². The van der Waals surface area contributed by atoms with Gasteiger partial charge >= 0.3 is 6.18 Å². The van der Waals surface area contributed by atoms with Crippen molar-refractivity contribution in [1.82, 2.24) is 0 Å². The largest absolute Gasteiger partial charge is 0.508 e. The summed E-state index contributed by atoms with van der Waals surface area (Å²) in [6.45, 7) is 0. The molecule has 4 N–H and O–H groups in total. The van der Waals surface area contributed by atoms with Gasteiger partial charge in [0.05, 0.1) is 0 Å². The number of hydrogen-bond donors (Lipinski definition) is 4. The number of rotatable bonds is 4. The maximum absolute atomic E-state index is 18.4. The second kappa shape index (κ2) is 9.12. The van der Waals surface area contributed by atoms with Crippen molar-refractivity contribution in [1.29, 1.82) is 0 Å². The van der Waals surface area contributed by atoms with E-state index in [1.807, 2.05) is 0 Å². The zero-order valence-electron chi connectivity index (χ0n) is 20.4. The first-order chi connectivity index (χ1) is 19.0. The van der Waals surface area contributed by atoms with Crippen molar-refractivity contribution in [3.63, 3.8) is 0 Å². The molecule has 41 heavy (non-hydrogen) atoms. The second-order valence-electron chi connectivity index (χ2n) is 9.62. The van der Waals surface area contributed by atoms with E-state index < -0.39 is 72.4 Å². The number of phenolic OH excluding ortho intramolecular Hbond substituents is 4. The monoisotopic (exact) mass is 614 g/mol. The molecule has 0 spiro atoms. The van der Waals surface area contributed by atoms with Crippen LogP contribution >= 0.6 is 23.2 Å². The Bertz CT molecular complexity index is 1520. The zero-order valence-corrected chi connectivity index (χ0v) is 21.9. The van der Waals surface area contributed by atoms with Crippen molar-refractivity contribution in [3.05, 3.63) is 118 Å². The zero-order chi connectivity index (χ0) is 30.2. The van der Waals surface area contributed by atoms with Gasteiger partial charge in [-0.1, -0.05) is 59.6 Å². The highest BCUT2D eigenvalue weighted by atomic mass is 35.5. The van der Waals surface area contributed by atoms with Crippen molar-refractivity contribution < 1.29 is 46.8 Å². The predicted molar refractivity (Wildman–Crippen MR) is 139 cm³/mol. The van der Waals surface area contributed by atoms with Gasteiger partial charge in [-0.25, -0.2) is 13.2 Å². The summed E-state index contributed by atoms with van der Waals surface area (Å²) in [5.74, 6) is -2.32. The Morgan fingerprint density at radius 3 is 1.17 bits per heavy atom. The smallest absolute Gasteiger partial charge is 0.408 e. The number of alkyl halides is 8. The molecular weight excluding hydrogens is 597 g/mol. The van der Waals surface area contributed by atoms with Crippen molar-refractivity contribution >= 4 is 23.2 Å². The molecule has 214 valence electrons. The van der Waals surface area contributed by atoms with E-state index in [1.165, 1.54) is 0 Å². The van der Waals surface area contributed by atoms with Gasteiger partial charge in [-0.3, -0.25) is 0 Å². The van der Waals surface area contributed by atoms with E-state index in [4.69, 9.17) is 23.2 Å². The summed E-state index contributed by atoms with van der Waals surface area (Å²) in [7, 11) is 0. The van der Waals surface area contributed by atoms with Gasteiger partial charge < -0.3 is 20.4 Å². The van der Waals surface area contributed by atoms with Crippen LogP contribution in [0.3, 0.4) is 0 Å². The van der Waals surface area contributed by atoms with E-state index in [1.54, 1.807) is 0 Å². The Hall–Kier alpha value is -3.76. The minimum atomic E-state index is -5.68. The fourth-order valence-electron chi connectivity index (χ4n) is 5.67. The Labute approximate surface area is 238 Å². The molecule has 0 saturated carbocycles. The van der Waals surface area contributed by atoms with E-state index in [-0.39, 0.29) is 11.5 Å². The number of phenols is 4. The lowest BCUT2D eigenvalue weighted by atomic mass is 9.56. The standard InChI is InChI=1S/C29H18Cl2F6O4/c30-28(31,34)25(29(35,36)37)21-11-9-19(40)13-23(21)27(33,24-14-20(41)10-12-22(24)25)26(32,15-1-5-17(38)6-2-15)16-3-7-18(39)8-4-16/h1-14,38-41H. The Balaban J connectivity index is 2.05. The third-order valence-corrected chi connectivity index (χ3v) is 7.98. The third-order valence-electron chi connectivity index (χ3n) is 7.41. The van der Waals surface area contributed by atoms with Crippen LogP contribution in [-0.4, -0.2) is 31.2 Å². The molecule has 0 saturated heterocycles. The molecule has 0 fully saturated rings. The van der Waals surface area contributed by atoms with Gasteiger partial charge in [0.2, 0.25) is 11.3 Å². The molecule has 0 bridgehead atoms. The first-order valence-electron chi connectivity index (χ1n) is 11.8. The number of halogens is 8. The molecule has 0 atom stereocenters. The fraction of sp³-hybridized carbons (Fsp3) is 0.172. The van der Waals surface area contributed by atoms with Crippen molar-refractivity contribution in [2.24, 2.45) is 0 Å². The van der Waals surface area contributed by atoms with E-state index >= 15 is 26.3 Å². The highest BCUT2D eigenvalue weighted by molar-refractivity contribution is 6.48. The number of benzene rings is 4. The van der Waals surface area contributed by atoms with Gasteiger partial charge in [-0.2, -0.15) is 13.2 Å². The van der Waals surface area contributed by atoms with Gasteiger partial charge in [0.15, 0.2) is 5.41 Å². The second-order valence-corrected chi connectivity index (χ2v) is 10.9. The first-order valence-corrected chi connectivity index (χ1v) is 12.5. The van der Waals surface area contributed by atoms with Gasteiger partial charge in [0.25, 0.3) is 4.59 Å². The number of hydrogen-bond acceptors (Lipinski definition) is 4. The normalized spacial score (nSPS) is 20.8. The van der Waals surface area contributed by atoms with Crippen LogP contribution in [-0.2, 0) is 16.8 Å². The maximum atomic E-state index is 18.4. The summed E-state index contributed by atoms with van der Waals surface area (Å²) in [5, 5.41) is 40.3. The van der Waals surface area contributed by atoms with Crippen molar-refractivity contribution in [3.8, 4) is 23.0 Å². The summed E-state index contributed by atoms with van der Waals surface area (Å²) in [6, 6.07) is 11.5. The van der Waals surface area contributed by atoms with Crippen LogP contribution in [0.1, 0.15) is 33.4 Å². The lowest BCUT2D eigenvalue weighted by molar-refractivity contribution is -0.194. The minimum Gasteiger partial charge on any atom is -0.508 e. The van der Waals surface area contributed by atoms with E-state index in [9.17, 15) is 20.4 Å². The van der Waals surface area contributed by atoms with E-state index in [0.717, 1.165) is 48.5 Å². The fourth-order valence-corrected chi connectivity index (χ4v) is 6.29. The first kappa shape index (κ1) is 28.8. The molecule has 4 aromatic rings. The van der Waals surface area contributed by atoms with E-state index in [0.29, 0.717) is 36.4 Å². The van der Waals surface area contributed by atoms with Crippen LogP contribution in [0, 0.1) is 0 Å². The molecule has 0 aromatic heterocycles. The van der Waals surface area contributed by atoms with Gasteiger partial charge in [0, 0.05) is 11.1 Å². The maximum Gasteiger partial charge on any atom is 0.408 e. The third kappa shape index (κ3) is 3.84. The molecule has 0 amide bonds. The molecule has 0 aliphatic heterocycles. The Morgan fingerprint density at radius 2 is 0.854 bits per heavy atom. The van der Waals surface area contributed by atoms with Crippen LogP contribution in [0.4, 0.5) is 26.3 Å². The predicted octanol–water partition coefficient (Wildman–Crippen LogP) is 7.90. The van der Waals surface area contributed by atoms with Crippen LogP contribution in [0.25, 0.3) is 0 Å². The molecule has 0 radical (unpaired) electrons. The quantitative estimate of drug-likeness (QED) is 0.139. The molecule has 4 nitrogen and oxygen atoms in total. The molecule has 4 aromatic carbocycles. The number of aromatic hydroxyl groups is 4. The molecule has 0 heterocycles. The lowest BCUT2D eigenvalue weighted by Crippen LogP contribution is -2.60. The van der Waals surface area contributed by atoms with Gasteiger partial charge in [-0.05, 0) is 70.8 Å².